The second kappa shape index (κ2) is 6.91. The Morgan fingerprint density at radius 2 is 2.16 bits per heavy atom. The van der Waals surface area contributed by atoms with Gasteiger partial charge in [0.25, 0.3) is 0 Å². The minimum Gasteiger partial charge on any atom is -0.496 e. The molecule has 0 saturated carbocycles. The molecule has 4 nitrogen and oxygen atoms in total. The lowest BCUT2D eigenvalue weighted by Gasteiger charge is -2.26. The van der Waals surface area contributed by atoms with Crippen LogP contribution in [0.2, 0.25) is 0 Å². The number of halogens is 1. The van der Waals surface area contributed by atoms with Crippen LogP contribution >= 0.6 is 15.9 Å². The average Bonchev–Trinajstić information content (AvgIpc) is 2.34. The fourth-order valence-corrected chi connectivity index (χ4v) is 2.33. The van der Waals surface area contributed by atoms with E-state index in [-0.39, 0.29) is 11.8 Å². The second-order valence-corrected chi connectivity index (χ2v) is 5.91. The van der Waals surface area contributed by atoms with Crippen molar-refractivity contribution in [3.05, 3.63) is 28.2 Å². The molecule has 0 radical (unpaired) electrons. The largest absolute Gasteiger partial charge is 0.496 e. The second-order valence-electron chi connectivity index (χ2n) is 5.05. The number of ether oxygens (including phenoxy) is 1. The number of benzene rings is 1. The predicted octanol–water partition coefficient (Wildman–Crippen LogP) is 2.80. The van der Waals surface area contributed by atoms with Crippen molar-refractivity contribution in [1.82, 2.24) is 5.32 Å². The van der Waals surface area contributed by atoms with E-state index in [4.69, 9.17) is 9.84 Å². The zero-order valence-corrected chi connectivity index (χ0v) is 13.1. The zero-order chi connectivity index (χ0) is 14.5. The summed E-state index contributed by atoms with van der Waals surface area (Å²) in [5.41, 5.74) is 1.09. The van der Waals surface area contributed by atoms with Gasteiger partial charge in [-0.3, -0.25) is 4.79 Å². The van der Waals surface area contributed by atoms with Crippen molar-refractivity contribution in [3.63, 3.8) is 0 Å². The standard InChI is InChI=1S/C14H20BrNO3/c1-14(2,9-16-7-6-13(17)18)10-4-5-12(19-3)11(15)8-10/h4-5,8,16H,6-7,9H2,1-3H3,(H,17,18). The third-order valence-corrected chi connectivity index (χ3v) is 3.64. The van der Waals surface area contributed by atoms with Gasteiger partial charge in [-0.25, -0.2) is 0 Å². The smallest absolute Gasteiger partial charge is 0.304 e. The molecule has 1 rings (SSSR count). The number of nitrogens with one attached hydrogen (secondary N) is 1. The Labute approximate surface area is 122 Å². The first-order valence-electron chi connectivity index (χ1n) is 6.13. The summed E-state index contributed by atoms with van der Waals surface area (Å²) in [4.78, 5) is 10.4. The lowest BCUT2D eigenvalue weighted by Crippen LogP contribution is -2.34. The minimum absolute atomic E-state index is 0.0761. The fourth-order valence-electron chi connectivity index (χ4n) is 1.79. The number of rotatable bonds is 7. The van der Waals surface area contributed by atoms with E-state index < -0.39 is 5.97 Å². The maximum absolute atomic E-state index is 10.4. The molecule has 0 heterocycles. The quantitative estimate of drug-likeness (QED) is 0.755. The van der Waals surface area contributed by atoms with Crippen LogP contribution in [0.1, 0.15) is 25.8 Å². The monoisotopic (exact) mass is 329 g/mol. The van der Waals surface area contributed by atoms with Crippen LogP contribution in [0.25, 0.3) is 0 Å². The van der Waals surface area contributed by atoms with E-state index in [0.29, 0.717) is 6.54 Å². The van der Waals surface area contributed by atoms with Crippen LogP contribution in [0.3, 0.4) is 0 Å². The van der Waals surface area contributed by atoms with Gasteiger partial charge >= 0.3 is 5.97 Å². The van der Waals surface area contributed by atoms with E-state index in [1.165, 1.54) is 5.56 Å². The summed E-state index contributed by atoms with van der Waals surface area (Å²) in [6.07, 6.45) is 0.141. The maximum atomic E-state index is 10.4. The molecule has 2 N–H and O–H groups in total. The number of methoxy groups -OCH3 is 1. The van der Waals surface area contributed by atoms with E-state index in [2.05, 4.69) is 35.1 Å². The van der Waals surface area contributed by atoms with Crippen LogP contribution in [-0.2, 0) is 10.2 Å². The number of carboxylic acid groups (broad SMARTS) is 1. The van der Waals surface area contributed by atoms with Gasteiger partial charge in [0.1, 0.15) is 5.75 Å². The van der Waals surface area contributed by atoms with Crippen LogP contribution in [0.4, 0.5) is 0 Å². The van der Waals surface area contributed by atoms with Crippen molar-refractivity contribution in [2.24, 2.45) is 0 Å². The number of aliphatic carboxylic acids is 1. The number of hydrogen-bond acceptors (Lipinski definition) is 3. The topological polar surface area (TPSA) is 58.6 Å². The molecule has 1 aromatic rings. The highest BCUT2D eigenvalue weighted by atomic mass is 79.9. The molecule has 5 heteroatoms. The number of hydrogen-bond donors (Lipinski definition) is 2. The van der Waals surface area contributed by atoms with Crippen molar-refractivity contribution in [3.8, 4) is 5.75 Å². The van der Waals surface area contributed by atoms with Crippen molar-refractivity contribution in [2.45, 2.75) is 25.7 Å². The third kappa shape index (κ3) is 4.84. The highest BCUT2D eigenvalue weighted by Gasteiger charge is 2.21. The molecule has 0 atom stereocenters. The molecule has 19 heavy (non-hydrogen) atoms. The summed E-state index contributed by atoms with van der Waals surface area (Å²) >= 11 is 3.48. The van der Waals surface area contributed by atoms with Crippen molar-refractivity contribution >= 4 is 21.9 Å². The van der Waals surface area contributed by atoms with E-state index in [1.807, 2.05) is 18.2 Å². The summed E-state index contributed by atoms with van der Waals surface area (Å²) in [5, 5.41) is 11.8. The molecule has 0 aliphatic heterocycles. The Morgan fingerprint density at radius 3 is 2.68 bits per heavy atom. The summed E-state index contributed by atoms with van der Waals surface area (Å²) in [6.45, 7) is 5.44. The first-order chi connectivity index (χ1) is 8.86. The average molecular weight is 330 g/mol. The van der Waals surface area contributed by atoms with E-state index in [1.54, 1.807) is 7.11 Å². The van der Waals surface area contributed by atoms with Crippen LogP contribution in [0.15, 0.2) is 22.7 Å². The number of carboxylic acids is 1. The molecule has 0 aromatic heterocycles. The normalized spacial score (nSPS) is 11.4. The molecule has 0 aliphatic rings. The highest BCUT2D eigenvalue weighted by Crippen LogP contribution is 2.31. The van der Waals surface area contributed by atoms with E-state index in [0.717, 1.165) is 16.8 Å². The van der Waals surface area contributed by atoms with Gasteiger partial charge in [-0.1, -0.05) is 19.9 Å². The Balaban J connectivity index is 2.66. The minimum atomic E-state index is -0.780. The fraction of sp³-hybridized carbons (Fsp3) is 0.500. The van der Waals surface area contributed by atoms with Gasteiger partial charge in [0, 0.05) is 18.5 Å². The Kier molecular flexibility index (Phi) is 5.82. The molecule has 0 unspecified atom stereocenters. The van der Waals surface area contributed by atoms with Crippen molar-refractivity contribution in [2.75, 3.05) is 20.2 Å². The molecule has 1 aromatic carbocycles. The van der Waals surface area contributed by atoms with Crippen molar-refractivity contribution < 1.29 is 14.6 Å². The summed E-state index contributed by atoms with van der Waals surface area (Å²) < 4.78 is 6.13. The summed E-state index contributed by atoms with van der Waals surface area (Å²) in [5.74, 6) is 0.0240. The van der Waals surface area contributed by atoms with Crippen LogP contribution in [-0.4, -0.2) is 31.3 Å². The zero-order valence-electron chi connectivity index (χ0n) is 11.5. The molecule has 0 saturated heterocycles. The van der Waals surface area contributed by atoms with Crippen molar-refractivity contribution in [1.29, 1.82) is 0 Å². The van der Waals surface area contributed by atoms with Crippen LogP contribution < -0.4 is 10.1 Å². The predicted molar refractivity (Wildman–Crippen MR) is 78.8 cm³/mol. The Bertz CT molecular complexity index is 446. The molecule has 106 valence electrons. The SMILES string of the molecule is COc1ccc(C(C)(C)CNCCC(=O)O)cc1Br. The molecule has 0 fully saturated rings. The van der Waals surface area contributed by atoms with E-state index >= 15 is 0 Å². The molecule has 0 amide bonds. The molecular weight excluding hydrogens is 310 g/mol. The molecule has 0 bridgehead atoms. The van der Waals surface area contributed by atoms with Crippen LogP contribution in [0.5, 0.6) is 5.75 Å². The van der Waals surface area contributed by atoms with Gasteiger partial charge in [-0.15, -0.1) is 0 Å². The summed E-state index contributed by atoms with van der Waals surface area (Å²) in [7, 11) is 1.64. The van der Waals surface area contributed by atoms with Gasteiger partial charge in [0.05, 0.1) is 18.0 Å². The Morgan fingerprint density at radius 1 is 1.47 bits per heavy atom. The highest BCUT2D eigenvalue weighted by molar-refractivity contribution is 9.10. The molecular formula is C14H20BrNO3. The van der Waals surface area contributed by atoms with E-state index in [9.17, 15) is 4.79 Å². The lowest BCUT2D eigenvalue weighted by molar-refractivity contribution is -0.136. The third-order valence-electron chi connectivity index (χ3n) is 3.02. The van der Waals surface area contributed by atoms with Crippen LogP contribution in [0, 0.1) is 0 Å². The van der Waals surface area contributed by atoms with Gasteiger partial charge in [0.15, 0.2) is 0 Å². The van der Waals surface area contributed by atoms with Gasteiger partial charge < -0.3 is 15.2 Å². The van der Waals surface area contributed by atoms with Gasteiger partial charge in [-0.05, 0) is 33.6 Å². The first kappa shape index (κ1) is 16.0. The van der Waals surface area contributed by atoms with Gasteiger partial charge in [-0.2, -0.15) is 0 Å². The molecule has 0 spiro atoms. The lowest BCUT2D eigenvalue weighted by atomic mass is 9.84. The van der Waals surface area contributed by atoms with Gasteiger partial charge in [0.2, 0.25) is 0 Å². The summed E-state index contributed by atoms with van der Waals surface area (Å²) in [6, 6.07) is 6.00. The maximum Gasteiger partial charge on any atom is 0.304 e. The molecule has 0 aliphatic carbocycles. The number of carbonyl (C=O) groups is 1. The Hall–Kier alpha value is -1.07. The first-order valence-corrected chi connectivity index (χ1v) is 6.92.